The van der Waals surface area contributed by atoms with Crippen LogP contribution in [0.25, 0.3) is 0 Å². The monoisotopic (exact) mass is 277 g/mol. The quantitative estimate of drug-likeness (QED) is 0.861. The second-order valence-electron chi connectivity index (χ2n) is 5.77. The molecule has 3 atom stereocenters. The molecule has 2 rings (SSSR count). The highest BCUT2D eigenvalue weighted by atomic mass is 16.5. The molecular formula is C17H27NO2. The number of methoxy groups -OCH3 is 2. The van der Waals surface area contributed by atoms with Crippen LogP contribution in [0.3, 0.4) is 0 Å². The topological polar surface area (TPSA) is 30.5 Å². The van der Waals surface area contributed by atoms with E-state index in [1.54, 1.807) is 14.2 Å². The summed E-state index contributed by atoms with van der Waals surface area (Å²) >= 11 is 0. The van der Waals surface area contributed by atoms with Crippen molar-refractivity contribution in [2.24, 2.45) is 11.8 Å². The first-order valence-corrected chi connectivity index (χ1v) is 7.63. The third-order valence-electron chi connectivity index (χ3n) is 4.79. The Morgan fingerprint density at radius 1 is 1.20 bits per heavy atom. The van der Waals surface area contributed by atoms with E-state index in [4.69, 9.17) is 9.47 Å². The van der Waals surface area contributed by atoms with Gasteiger partial charge in [0.1, 0.15) is 11.5 Å². The molecule has 1 aromatic carbocycles. The van der Waals surface area contributed by atoms with Gasteiger partial charge in [0.15, 0.2) is 0 Å². The van der Waals surface area contributed by atoms with Crippen LogP contribution in [-0.2, 0) is 6.54 Å². The van der Waals surface area contributed by atoms with Crippen LogP contribution in [0.5, 0.6) is 11.5 Å². The van der Waals surface area contributed by atoms with E-state index in [1.807, 2.05) is 12.1 Å². The molecule has 3 nitrogen and oxygen atoms in total. The molecule has 3 unspecified atom stereocenters. The van der Waals surface area contributed by atoms with Gasteiger partial charge in [0, 0.05) is 18.2 Å². The van der Waals surface area contributed by atoms with E-state index in [9.17, 15) is 0 Å². The van der Waals surface area contributed by atoms with Gasteiger partial charge in [-0.05, 0) is 42.9 Å². The summed E-state index contributed by atoms with van der Waals surface area (Å²) in [5.74, 6) is 3.45. The molecule has 0 aliphatic heterocycles. The van der Waals surface area contributed by atoms with Gasteiger partial charge in [-0.15, -0.1) is 0 Å². The van der Waals surface area contributed by atoms with Gasteiger partial charge in [-0.2, -0.15) is 0 Å². The molecule has 1 aliphatic carbocycles. The van der Waals surface area contributed by atoms with Gasteiger partial charge >= 0.3 is 0 Å². The van der Waals surface area contributed by atoms with Crippen LogP contribution < -0.4 is 14.8 Å². The highest BCUT2D eigenvalue weighted by molar-refractivity contribution is 5.40. The molecule has 0 heterocycles. The largest absolute Gasteiger partial charge is 0.497 e. The standard InChI is InChI=1S/C17H27NO2/c1-5-13-6-8-16(12(13)2)18-11-14-10-15(19-3)7-9-17(14)20-4/h7,9-10,12-13,16,18H,5-6,8,11H2,1-4H3. The zero-order chi connectivity index (χ0) is 14.5. The predicted molar refractivity (Wildman–Crippen MR) is 82.4 cm³/mol. The lowest BCUT2D eigenvalue weighted by molar-refractivity contribution is 0.341. The molecule has 0 bridgehead atoms. The molecule has 1 saturated carbocycles. The molecule has 0 saturated heterocycles. The molecule has 112 valence electrons. The number of hydrogen-bond donors (Lipinski definition) is 1. The van der Waals surface area contributed by atoms with Crippen molar-refractivity contribution in [3.63, 3.8) is 0 Å². The van der Waals surface area contributed by atoms with Crippen molar-refractivity contribution in [1.29, 1.82) is 0 Å². The van der Waals surface area contributed by atoms with E-state index in [2.05, 4.69) is 25.2 Å². The maximum Gasteiger partial charge on any atom is 0.123 e. The first-order chi connectivity index (χ1) is 9.69. The highest BCUT2D eigenvalue weighted by Gasteiger charge is 2.31. The molecule has 20 heavy (non-hydrogen) atoms. The molecule has 0 spiro atoms. The van der Waals surface area contributed by atoms with Crippen molar-refractivity contribution in [3.8, 4) is 11.5 Å². The zero-order valence-electron chi connectivity index (χ0n) is 13.1. The van der Waals surface area contributed by atoms with Crippen LogP contribution in [0, 0.1) is 11.8 Å². The summed E-state index contributed by atoms with van der Waals surface area (Å²) in [6.07, 6.45) is 3.93. The van der Waals surface area contributed by atoms with Crippen LogP contribution in [0.1, 0.15) is 38.7 Å². The first kappa shape index (κ1) is 15.2. The molecule has 1 fully saturated rings. The fraction of sp³-hybridized carbons (Fsp3) is 0.647. The second kappa shape index (κ2) is 6.98. The third-order valence-corrected chi connectivity index (χ3v) is 4.79. The van der Waals surface area contributed by atoms with E-state index in [0.717, 1.165) is 29.9 Å². The highest BCUT2D eigenvalue weighted by Crippen LogP contribution is 2.34. The van der Waals surface area contributed by atoms with Crippen LogP contribution in [0.15, 0.2) is 18.2 Å². The molecule has 1 N–H and O–H groups in total. The average Bonchev–Trinajstić information content (AvgIpc) is 2.85. The summed E-state index contributed by atoms with van der Waals surface area (Å²) in [6, 6.07) is 6.59. The van der Waals surface area contributed by atoms with Crippen LogP contribution in [0.2, 0.25) is 0 Å². The number of ether oxygens (including phenoxy) is 2. The molecule has 3 heteroatoms. The maximum absolute atomic E-state index is 5.43. The van der Waals surface area contributed by atoms with E-state index < -0.39 is 0 Å². The lowest BCUT2D eigenvalue weighted by atomic mass is 9.93. The van der Waals surface area contributed by atoms with Crippen LogP contribution >= 0.6 is 0 Å². The SMILES string of the molecule is CCC1CCC(NCc2cc(OC)ccc2OC)C1C. The Morgan fingerprint density at radius 3 is 2.60 bits per heavy atom. The smallest absolute Gasteiger partial charge is 0.123 e. The number of hydrogen-bond acceptors (Lipinski definition) is 3. The van der Waals surface area contributed by atoms with Gasteiger partial charge in [0.05, 0.1) is 14.2 Å². The van der Waals surface area contributed by atoms with Gasteiger partial charge in [0.2, 0.25) is 0 Å². The Hall–Kier alpha value is -1.22. The lowest BCUT2D eigenvalue weighted by Gasteiger charge is -2.21. The van der Waals surface area contributed by atoms with Crippen LogP contribution in [-0.4, -0.2) is 20.3 Å². The minimum absolute atomic E-state index is 0.621. The van der Waals surface area contributed by atoms with E-state index >= 15 is 0 Å². The van der Waals surface area contributed by atoms with Gasteiger partial charge in [-0.25, -0.2) is 0 Å². The van der Waals surface area contributed by atoms with Crippen molar-refractivity contribution in [3.05, 3.63) is 23.8 Å². The molecule has 1 aromatic rings. The molecule has 0 radical (unpaired) electrons. The predicted octanol–water partition coefficient (Wildman–Crippen LogP) is 3.62. The Bertz CT molecular complexity index is 433. The van der Waals surface area contributed by atoms with Crippen molar-refractivity contribution in [2.75, 3.05) is 14.2 Å². The van der Waals surface area contributed by atoms with Gasteiger partial charge in [0.25, 0.3) is 0 Å². The first-order valence-electron chi connectivity index (χ1n) is 7.63. The van der Waals surface area contributed by atoms with Gasteiger partial charge in [-0.3, -0.25) is 0 Å². The lowest BCUT2D eigenvalue weighted by Crippen LogP contribution is -2.32. The normalized spacial score (nSPS) is 25.7. The Morgan fingerprint density at radius 2 is 2.00 bits per heavy atom. The maximum atomic E-state index is 5.43. The van der Waals surface area contributed by atoms with Crippen molar-refractivity contribution in [2.45, 2.75) is 45.7 Å². The fourth-order valence-corrected chi connectivity index (χ4v) is 3.37. The van der Waals surface area contributed by atoms with E-state index in [0.29, 0.717) is 6.04 Å². The zero-order valence-corrected chi connectivity index (χ0v) is 13.1. The average molecular weight is 277 g/mol. The van der Waals surface area contributed by atoms with Crippen molar-refractivity contribution < 1.29 is 9.47 Å². The summed E-state index contributed by atoms with van der Waals surface area (Å²) in [5, 5.41) is 3.70. The van der Waals surface area contributed by atoms with Gasteiger partial charge in [-0.1, -0.05) is 20.3 Å². The summed E-state index contributed by atoms with van der Waals surface area (Å²) in [7, 11) is 3.42. The summed E-state index contributed by atoms with van der Waals surface area (Å²) in [6.45, 7) is 5.52. The second-order valence-corrected chi connectivity index (χ2v) is 5.77. The summed E-state index contributed by atoms with van der Waals surface area (Å²) in [5.41, 5.74) is 1.17. The molecular weight excluding hydrogens is 250 g/mol. The number of nitrogens with one attached hydrogen (secondary N) is 1. The fourth-order valence-electron chi connectivity index (χ4n) is 3.37. The Kier molecular flexibility index (Phi) is 5.30. The number of rotatable bonds is 6. The number of benzene rings is 1. The molecule has 0 amide bonds. The Balaban J connectivity index is 2.00. The van der Waals surface area contributed by atoms with E-state index in [-0.39, 0.29) is 0 Å². The van der Waals surface area contributed by atoms with Crippen LogP contribution in [0.4, 0.5) is 0 Å². The minimum atomic E-state index is 0.621. The van der Waals surface area contributed by atoms with E-state index in [1.165, 1.54) is 24.8 Å². The molecule has 0 aromatic heterocycles. The minimum Gasteiger partial charge on any atom is -0.497 e. The van der Waals surface area contributed by atoms with Crippen molar-refractivity contribution >= 4 is 0 Å². The van der Waals surface area contributed by atoms with Crippen molar-refractivity contribution in [1.82, 2.24) is 5.32 Å². The van der Waals surface area contributed by atoms with Gasteiger partial charge < -0.3 is 14.8 Å². The third kappa shape index (κ3) is 3.26. The summed E-state index contributed by atoms with van der Waals surface area (Å²) < 4.78 is 10.7. The summed E-state index contributed by atoms with van der Waals surface area (Å²) in [4.78, 5) is 0. The Labute approximate surface area is 122 Å². The molecule has 1 aliphatic rings.